The van der Waals surface area contributed by atoms with Crippen LogP contribution in [0.5, 0.6) is 11.5 Å². The number of methoxy groups -OCH3 is 2. The van der Waals surface area contributed by atoms with Crippen molar-refractivity contribution in [1.29, 1.82) is 0 Å². The van der Waals surface area contributed by atoms with Crippen molar-refractivity contribution in [3.8, 4) is 11.5 Å². The topological polar surface area (TPSA) is 54.9 Å². The molecule has 1 aromatic rings. The SMILES string of the molecule is COc1ccc(CCNC2=NCCCN2)c(OC)c1.I. The van der Waals surface area contributed by atoms with E-state index in [4.69, 9.17) is 9.47 Å². The molecule has 0 aliphatic carbocycles. The lowest BCUT2D eigenvalue weighted by Gasteiger charge is -2.16. The number of ether oxygens (including phenoxy) is 2. The van der Waals surface area contributed by atoms with Gasteiger partial charge >= 0.3 is 0 Å². The van der Waals surface area contributed by atoms with E-state index in [0.717, 1.165) is 55.5 Å². The Labute approximate surface area is 137 Å². The number of hydrogen-bond acceptors (Lipinski definition) is 5. The first-order valence-electron chi connectivity index (χ1n) is 6.56. The molecule has 5 nitrogen and oxygen atoms in total. The van der Waals surface area contributed by atoms with E-state index in [9.17, 15) is 0 Å². The summed E-state index contributed by atoms with van der Waals surface area (Å²) < 4.78 is 10.6. The second-order valence-electron chi connectivity index (χ2n) is 4.37. The molecule has 0 spiro atoms. The summed E-state index contributed by atoms with van der Waals surface area (Å²) in [6.45, 7) is 2.73. The summed E-state index contributed by atoms with van der Waals surface area (Å²) in [5.74, 6) is 2.57. The van der Waals surface area contributed by atoms with Crippen molar-refractivity contribution >= 4 is 29.9 Å². The van der Waals surface area contributed by atoms with Gasteiger partial charge in [-0.25, -0.2) is 0 Å². The van der Waals surface area contributed by atoms with Crippen molar-refractivity contribution in [2.75, 3.05) is 33.9 Å². The van der Waals surface area contributed by atoms with E-state index in [1.54, 1.807) is 14.2 Å². The van der Waals surface area contributed by atoms with Crippen LogP contribution >= 0.6 is 24.0 Å². The number of guanidine groups is 1. The number of halogens is 1. The minimum atomic E-state index is 0. The Morgan fingerprint density at radius 2 is 2.15 bits per heavy atom. The second-order valence-corrected chi connectivity index (χ2v) is 4.37. The highest BCUT2D eigenvalue weighted by Gasteiger charge is 2.06. The lowest BCUT2D eigenvalue weighted by molar-refractivity contribution is 0.391. The number of hydrogen-bond donors (Lipinski definition) is 2. The number of rotatable bonds is 5. The predicted octanol–water partition coefficient (Wildman–Crippen LogP) is 1.80. The molecular formula is C14H22IN3O2. The average molecular weight is 391 g/mol. The fraction of sp³-hybridized carbons (Fsp3) is 0.500. The molecule has 1 aromatic carbocycles. The van der Waals surface area contributed by atoms with Crippen LogP contribution in [0.4, 0.5) is 0 Å². The van der Waals surface area contributed by atoms with Crippen LogP contribution in [0.25, 0.3) is 0 Å². The second kappa shape index (κ2) is 8.89. The third-order valence-electron chi connectivity index (χ3n) is 3.08. The average Bonchev–Trinajstić information content (AvgIpc) is 2.48. The first kappa shape index (κ1) is 16.9. The quantitative estimate of drug-likeness (QED) is 0.752. The van der Waals surface area contributed by atoms with Crippen LogP contribution in [0, 0.1) is 0 Å². The monoisotopic (exact) mass is 391 g/mol. The third kappa shape index (κ3) is 4.73. The molecule has 0 bridgehead atoms. The van der Waals surface area contributed by atoms with Crippen molar-refractivity contribution in [1.82, 2.24) is 10.6 Å². The van der Waals surface area contributed by atoms with Gasteiger partial charge in [-0.05, 0) is 24.5 Å². The van der Waals surface area contributed by atoms with Gasteiger partial charge in [-0.3, -0.25) is 4.99 Å². The van der Waals surface area contributed by atoms with Crippen molar-refractivity contribution < 1.29 is 9.47 Å². The molecular weight excluding hydrogens is 369 g/mol. The van der Waals surface area contributed by atoms with E-state index in [2.05, 4.69) is 15.6 Å². The molecule has 0 fully saturated rings. The molecule has 0 unspecified atom stereocenters. The summed E-state index contributed by atoms with van der Waals surface area (Å²) in [5, 5.41) is 6.54. The van der Waals surface area contributed by atoms with Crippen molar-refractivity contribution in [3.63, 3.8) is 0 Å². The molecule has 1 aliphatic rings. The Bertz CT molecular complexity index is 452. The molecule has 0 radical (unpaired) electrons. The summed E-state index contributed by atoms with van der Waals surface area (Å²) in [4.78, 5) is 4.37. The first-order valence-corrected chi connectivity index (χ1v) is 6.56. The first-order chi connectivity index (χ1) is 9.33. The van der Waals surface area contributed by atoms with Gasteiger partial charge in [0.2, 0.25) is 0 Å². The molecule has 20 heavy (non-hydrogen) atoms. The Morgan fingerprint density at radius 1 is 1.30 bits per heavy atom. The zero-order valence-corrected chi connectivity index (χ0v) is 14.3. The molecule has 6 heteroatoms. The summed E-state index contributed by atoms with van der Waals surface area (Å²) in [6.07, 6.45) is 1.99. The zero-order chi connectivity index (χ0) is 13.5. The van der Waals surface area contributed by atoms with E-state index >= 15 is 0 Å². The molecule has 0 atom stereocenters. The molecule has 1 aliphatic heterocycles. The van der Waals surface area contributed by atoms with Crippen LogP contribution < -0.4 is 20.1 Å². The Kier molecular flexibility index (Phi) is 7.50. The molecule has 2 rings (SSSR count). The maximum absolute atomic E-state index is 5.38. The minimum absolute atomic E-state index is 0. The Balaban J connectivity index is 0.00000200. The lowest BCUT2D eigenvalue weighted by Crippen LogP contribution is -2.41. The van der Waals surface area contributed by atoms with Gasteiger partial charge in [0.25, 0.3) is 0 Å². The van der Waals surface area contributed by atoms with Crippen LogP contribution in [0.3, 0.4) is 0 Å². The largest absolute Gasteiger partial charge is 0.497 e. The summed E-state index contributed by atoms with van der Waals surface area (Å²) in [7, 11) is 3.33. The zero-order valence-electron chi connectivity index (χ0n) is 11.9. The summed E-state index contributed by atoms with van der Waals surface area (Å²) in [6, 6.07) is 5.90. The Morgan fingerprint density at radius 3 is 2.80 bits per heavy atom. The van der Waals surface area contributed by atoms with Gasteiger partial charge in [-0.15, -0.1) is 24.0 Å². The highest BCUT2D eigenvalue weighted by atomic mass is 127. The van der Waals surface area contributed by atoms with Crippen molar-refractivity contribution in [2.45, 2.75) is 12.8 Å². The summed E-state index contributed by atoms with van der Waals surface area (Å²) in [5.41, 5.74) is 1.16. The molecule has 0 aromatic heterocycles. The van der Waals surface area contributed by atoms with Crippen LogP contribution in [-0.4, -0.2) is 39.8 Å². The Hall–Kier alpha value is -1.18. The number of nitrogens with one attached hydrogen (secondary N) is 2. The normalized spacial score (nSPS) is 13.6. The van der Waals surface area contributed by atoms with E-state index in [0.29, 0.717) is 0 Å². The lowest BCUT2D eigenvalue weighted by atomic mass is 10.1. The standard InChI is InChI=1S/C14H21N3O2.HI/c1-18-12-5-4-11(13(10-12)19-2)6-9-17-14-15-7-3-8-16-14;/h4-5,10H,3,6-9H2,1-2H3,(H2,15,16,17);1H. The fourth-order valence-corrected chi connectivity index (χ4v) is 2.02. The highest BCUT2D eigenvalue weighted by Crippen LogP contribution is 2.24. The fourth-order valence-electron chi connectivity index (χ4n) is 2.02. The van der Waals surface area contributed by atoms with Gasteiger partial charge in [-0.1, -0.05) is 6.07 Å². The molecule has 2 N–H and O–H groups in total. The predicted molar refractivity (Wildman–Crippen MR) is 91.6 cm³/mol. The van der Waals surface area contributed by atoms with Gasteiger partial charge in [0.15, 0.2) is 5.96 Å². The molecule has 0 saturated heterocycles. The highest BCUT2D eigenvalue weighted by molar-refractivity contribution is 14.0. The molecule has 1 heterocycles. The molecule has 0 saturated carbocycles. The van der Waals surface area contributed by atoms with Crippen LogP contribution in [-0.2, 0) is 6.42 Å². The minimum Gasteiger partial charge on any atom is -0.497 e. The van der Waals surface area contributed by atoms with Crippen LogP contribution in [0.2, 0.25) is 0 Å². The summed E-state index contributed by atoms with van der Waals surface area (Å²) >= 11 is 0. The molecule has 0 amide bonds. The van der Waals surface area contributed by atoms with Gasteiger partial charge in [0, 0.05) is 25.7 Å². The maximum atomic E-state index is 5.38. The van der Waals surface area contributed by atoms with E-state index in [1.807, 2.05) is 18.2 Å². The van der Waals surface area contributed by atoms with E-state index < -0.39 is 0 Å². The van der Waals surface area contributed by atoms with Gasteiger partial charge in [-0.2, -0.15) is 0 Å². The van der Waals surface area contributed by atoms with E-state index in [1.165, 1.54) is 0 Å². The third-order valence-corrected chi connectivity index (χ3v) is 3.08. The maximum Gasteiger partial charge on any atom is 0.191 e. The number of aliphatic imine (C=N–C) groups is 1. The van der Waals surface area contributed by atoms with Gasteiger partial charge < -0.3 is 20.1 Å². The van der Waals surface area contributed by atoms with Crippen molar-refractivity contribution in [3.05, 3.63) is 23.8 Å². The van der Waals surface area contributed by atoms with Crippen molar-refractivity contribution in [2.24, 2.45) is 4.99 Å². The smallest absolute Gasteiger partial charge is 0.191 e. The van der Waals surface area contributed by atoms with Gasteiger partial charge in [0.1, 0.15) is 11.5 Å². The van der Waals surface area contributed by atoms with Gasteiger partial charge in [0.05, 0.1) is 14.2 Å². The number of nitrogens with zero attached hydrogens (tertiary/aromatic N) is 1. The van der Waals surface area contributed by atoms with Crippen LogP contribution in [0.1, 0.15) is 12.0 Å². The van der Waals surface area contributed by atoms with E-state index in [-0.39, 0.29) is 24.0 Å². The molecule has 112 valence electrons. The number of benzene rings is 1. The van der Waals surface area contributed by atoms with Crippen LogP contribution in [0.15, 0.2) is 23.2 Å².